The van der Waals surface area contributed by atoms with Crippen LogP contribution in [0.1, 0.15) is 16.7 Å². The van der Waals surface area contributed by atoms with Gasteiger partial charge in [-0.2, -0.15) is 0 Å². The van der Waals surface area contributed by atoms with Gasteiger partial charge in [0, 0.05) is 19.4 Å². The highest BCUT2D eigenvalue weighted by atomic mass is 32.2. The molecule has 0 aliphatic carbocycles. The summed E-state index contributed by atoms with van der Waals surface area (Å²) in [6, 6.07) is 7.96. The molecule has 4 nitrogen and oxygen atoms in total. The molecule has 2 aromatic rings. The SMILES string of the molecule is Cc1cccc(N=C2NC(=O)/C(=C\c3ccn(C)c3)S2)c1C. The van der Waals surface area contributed by atoms with Crippen LogP contribution in [0.3, 0.4) is 0 Å². The van der Waals surface area contributed by atoms with E-state index in [1.807, 2.05) is 55.2 Å². The number of thioether (sulfide) groups is 1. The Kier molecular flexibility index (Phi) is 3.90. The number of carbonyl (C=O) groups excluding carboxylic acids is 1. The highest BCUT2D eigenvalue weighted by molar-refractivity contribution is 8.18. The molecule has 1 fully saturated rings. The van der Waals surface area contributed by atoms with Gasteiger partial charge in [0.1, 0.15) is 0 Å². The molecule has 5 heteroatoms. The summed E-state index contributed by atoms with van der Waals surface area (Å²) in [4.78, 5) is 17.3. The van der Waals surface area contributed by atoms with Crippen molar-refractivity contribution in [1.29, 1.82) is 0 Å². The molecule has 0 saturated carbocycles. The van der Waals surface area contributed by atoms with Crippen molar-refractivity contribution < 1.29 is 4.79 Å². The zero-order valence-corrected chi connectivity index (χ0v) is 13.6. The monoisotopic (exact) mass is 311 g/mol. The van der Waals surface area contributed by atoms with Gasteiger partial charge in [-0.05, 0) is 60.5 Å². The minimum atomic E-state index is -0.0992. The normalized spacial score (nSPS) is 18.2. The molecule has 1 amide bonds. The van der Waals surface area contributed by atoms with Gasteiger partial charge in [-0.15, -0.1) is 0 Å². The Labute approximate surface area is 133 Å². The van der Waals surface area contributed by atoms with Crippen LogP contribution in [0.4, 0.5) is 5.69 Å². The fourth-order valence-electron chi connectivity index (χ4n) is 2.21. The lowest BCUT2D eigenvalue weighted by Crippen LogP contribution is -2.19. The predicted octanol–water partition coefficient (Wildman–Crippen LogP) is 3.53. The van der Waals surface area contributed by atoms with Crippen LogP contribution >= 0.6 is 11.8 Å². The lowest BCUT2D eigenvalue weighted by Gasteiger charge is -2.04. The van der Waals surface area contributed by atoms with Crippen LogP contribution in [0, 0.1) is 13.8 Å². The lowest BCUT2D eigenvalue weighted by atomic mass is 10.1. The number of aryl methyl sites for hydroxylation is 2. The van der Waals surface area contributed by atoms with Crippen LogP contribution < -0.4 is 5.32 Å². The predicted molar refractivity (Wildman–Crippen MR) is 92.1 cm³/mol. The van der Waals surface area contributed by atoms with E-state index < -0.39 is 0 Å². The molecule has 0 spiro atoms. The first-order chi connectivity index (χ1) is 10.5. The summed E-state index contributed by atoms with van der Waals surface area (Å²) < 4.78 is 1.95. The zero-order chi connectivity index (χ0) is 15.7. The summed E-state index contributed by atoms with van der Waals surface area (Å²) in [7, 11) is 1.96. The Balaban J connectivity index is 1.87. The van der Waals surface area contributed by atoms with Crippen LogP contribution in [0.5, 0.6) is 0 Å². The summed E-state index contributed by atoms with van der Waals surface area (Å²) in [6.45, 7) is 4.09. The second-order valence-corrected chi connectivity index (χ2v) is 6.34. The molecular formula is C17H17N3OS. The van der Waals surface area contributed by atoms with Crippen molar-refractivity contribution >= 4 is 34.6 Å². The molecule has 0 radical (unpaired) electrons. The first-order valence-corrected chi connectivity index (χ1v) is 7.82. The van der Waals surface area contributed by atoms with E-state index >= 15 is 0 Å². The molecule has 0 unspecified atom stereocenters. The van der Waals surface area contributed by atoms with Gasteiger partial charge < -0.3 is 9.88 Å². The number of aliphatic imine (C=N–C) groups is 1. The van der Waals surface area contributed by atoms with E-state index in [9.17, 15) is 4.79 Å². The number of benzene rings is 1. The fraction of sp³-hybridized carbons (Fsp3) is 0.176. The number of hydrogen-bond acceptors (Lipinski definition) is 3. The average Bonchev–Trinajstić information content (AvgIpc) is 3.02. The molecule has 1 aromatic carbocycles. The van der Waals surface area contributed by atoms with Gasteiger partial charge in [0.2, 0.25) is 0 Å². The molecule has 112 valence electrons. The highest BCUT2D eigenvalue weighted by Crippen LogP contribution is 2.29. The van der Waals surface area contributed by atoms with E-state index in [-0.39, 0.29) is 5.91 Å². The molecule has 1 aromatic heterocycles. The number of amides is 1. The lowest BCUT2D eigenvalue weighted by molar-refractivity contribution is -0.115. The third-order valence-corrected chi connectivity index (χ3v) is 4.51. The molecule has 1 N–H and O–H groups in total. The molecule has 22 heavy (non-hydrogen) atoms. The fourth-order valence-corrected chi connectivity index (χ4v) is 3.04. The number of carbonyl (C=O) groups is 1. The van der Waals surface area contributed by atoms with Crippen LogP contribution in [-0.4, -0.2) is 15.6 Å². The Morgan fingerprint density at radius 3 is 2.82 bits per heavy atom. The van der Waals surface area contributed by atoms with E-state index in [0.29, 0.717) is 10.1 Å². The number of rotatable bonds is 2. The number of nitrogens with one attached hydrogen (secondary N) is 1. The number of amidine groups is 1. The van der Waals surface area contributed by atoms with E-state index in [1.165, 1.54) is 17.3 Å². The maximum absolute atomic E-state index is 12.1. The molecule has 0 atom stereocenters. The Morgan fingerprint density at radius 1 is 1.27 bits per heavy atom. The van der Waals surface area contributed by atoms with Gasteiger partial charge in [0.05, 0.1) is 10.6 Å². The molecule has 1 aliphatic heterocycles. The molecule has 3 rings (SSSR count). The standard InChI is InChI=1S/C17H17N3OS/c1-11-5-4-6-14(12(11)2)18-17-19-16(21)15(22-17)9-13-7-8-20(3)10-13/h4-10H,1-3H3,(H,18,19,21)/b15-9+. The van der Waals surface area contributed by atoms with Crippen molar-refractivity contribution in [2.75, 3.05) is 0 Å². The van der Waals surface area contributed by atoms with Gasteiger partial charge in [-0.3, -0.25) is 4.79 Å². The van der Waals surface area contributed by atoms with Crippen LogP contribution in [0.15, 0.2) is 46.6 Å². The van der Waals surface area contributed by atoms with Gasteiger partial charge in [-0.1, -0.05) is 12.1 Å². The Bertz CT molecular complexity index is 802. The molecule has 0 bridgehead atoms. The van der Waals surface area contributed by atoms with E-state index in [4.69, 9.17) is 0 Å². The number of hydrogen-bond donors (Lipinski definition) is 1. The third-order valence-electron chi connectivity index (χ3n) is 3.60. The van der Waals surface area contributed by atoms with Crippen molar-refractivity contribution in [2.24, 2.45) is 12.0 Å². The van der Waals surface area contributed by atoms with Crippen molar-refractivity contribution in [3.63, 3.8) is 0 Å². The third kappa shape index (κ3) is 2.99. The molecule has 1 saturated heterocycles. The Morgan fingerprint density at radius 2 is 2.09 bits per heavy atom. The van der Waals surface area contributed by atoms with Crippen molar-refractivity contribution in [1.82, 2.24) is 9.88 Å². The minimum absolute atomic E-state index is 0.0992. The van der Waals surface area contributed by atoms with Crippen LogP contribution in [-0.2, 0) is 11.8 Å². The summed E-state index contributed by atoms with van der Waals surface area (Å²) in [5, 5.41) is 3.45. The summed E-state index contributed by atoms with van der Waals surface area (Å²) >= 11 is 1.37. The highest BCUT2D eigenvalue weighted by Gasteiger charge is 2.24. The summed E-state index contributed by atoms with van der Waals surface area (Å²) in [5.74, 6) is -0.0992. The van der Waals surface area contributed by atoms with Crippen LogP contribution in [0.2, 0.25) is 0 Å². The van der Waals surface area contributed by atoms with Gasteiger partial charge >= 0.3 is 0 Å². The first-order valence-electron chi connectivity index (χ1n) is 7.01. The minimum Gasteiger partial charge on any atom is -0.357 e. The van der Waals surface area contributed by atoms with Crippen molar-refractivity contribution in [3.05, 3.63) is 58.3 Å². The van der Waals surface area contributed by atoms with Gasteiger partial charge in [-0.25, -0.2) is 4.99 Å². The van der Waals surface area contributed by atoms with Gasteiger partial charge in [0.15, 0.2) is 5.17 Å². The van der Waals surface area contributed by atoms with Gasteiger partial charge in [0.25, 0.3) is 5.91 Å². The van der Waals surface area contributed by atoms with E-state index in [2.05, 4.69) is 23.3 Å². The van der Waals surface area contributed by atoms with Crippen LogP contribution in [0.25, 0.3) is 6.08 Å². The first kappa shape index (κ1) is 14.7. The largest absolute Gasteiger partial charge is 0.357 e. The number of aromatic nitrogens is 1. The zero-order valence-electron chi connectivity index (χ0n) is 12.8. The summed E-state index contributed by atoms with van der Waals surface area (Å²) in [6.07, 6.45) is 5.81. The topological polar surface area (TPSA) is 46.4 Å². The summed E-state index contributed by atoms with van der Waals surface area (Å²) in [5.41, 5.74) is 4.22. The average molecular weight is 311 g/mol. The molecule has 2 heterocycles. The quantitative estimate of drug-likeness (QED) is 0.862. The van der Waals surface area contributed by atoms with Crippen molar-refractivity contribution in [3.8, 4) is 0 Å². The Hall–Kier alpha value is -2.27. The van der Waals surface area contributed by atoms with E-state index in [0.717, 1.165) is 16.8 Å². The molecule has 1 aliphatic rings. The maximum Gasteiger partial charge on any atom is 0.264 e. The number of nitrogens with zero attached hydrogens (tertiary/aromatic N) is 2. The second-order valence-electron chi connectivity index (χ2n) is 5.31. The van der Waals surface area contributed by atoms with Crippen molar-refractivity contribution in [2.45, 2.75) is 13.8 Å². The maximum atomic E-state index is 12.1. The molecular weight excluding hydrogens is 294 g/mol. The second kappa shape index (κ2) is 5.85. The smallest absolute Gasteiger partial charge is 0.264 e. The van der Waals surface area contributed by atoms with E-state index in [1.54, 1.807) is 0 Å².